The second kappa shape index (κ2) is 6.12. The van der Waals surface area contributed by atoms with Gasteiger partial charge in [0.25, 0.3) is 0 Å². The van der Waals surface area contributed by atoms with Crippen LogP contribution in [0.4, 0.5) is 0 Å². The summed E-state index contributed by atoms with van der Waals surface area (Å²) in [5.41, 5.74) is 0. The summed E-state index contributed by atoms with van der Waals surface area (Å²) in [5.74, 6) is 1.31. The average molecular weight is 325 g/mol. The van der Waals surface area contributed by atoms with Gasteiger partial charge in [-0.15, -0.1) is 0 Å². The molecule has 1 aliphatic rings. The first-order valence-electron chi connectivity index (χ1n) is 7.78. The highest BCUT2D eigenvalue weighted by atomic mass is 28.4. The van der Waals surface area contributed by atoms with Crippen LogP contribution in [-0.2, 0) is 33.5 Å². The maximum absolute atomic E-state index is 11.7. The van der Waals surface area contributed by atoms with Crippen molar-refractivity contribution < 1.29 is 14.0 Å². The van der Waals surface area contributed by atoms with Crippen LogP contribution in [0, 0.1) is 5.92 Å². The first-order valence-corrected chi connectivity index (χ1v) is 10.7. The van der Waals surface area contributed by atoms with E-state index < -0.39 is 8.32 Å². The molecular formula is C15H27N3O3Si. The molecule has 1 aromatic rings. The zero-order valence-corrected chi connectivity index (χ0v) is 15.5. The summed E-state index contributed by atoms with van der Waals surface area (Å²) in [6.07, 6.45) is 1.35. The van der Waals surface area contributed by atoms with E-state index in [1.165, 1.54) is 7.11 Å². The van der Waals surface area contributed by atoms with Crippen LogP contribution >= 0.6 is 0 Å². The van der Waals surface area contributed by atoms with Gasteiger partial charge in [-0.2, -0.15) is 5.10 Å². The fraction of sp³-hybridized carbons (Fsp3) is 0.800. The summed E-state index contributed by atoms with van der Waals surface area (Å²) in [6.45, 7) is 12.2. The molecular weight excluding hydrogens is 298 g/mol. The lowest BCUT2D eigenvalue weighted by molar-refractivity contribution is -0.146. The van der Waals surface area contributed by atoms with Crippen LogP contribution in [0.2, 0.25) is 18.1 Å². The van der Waals surface area contributed by atoms with Crippen molar-refractivity contribution in [1.29, 1.82) is 0 Å². The first-order chi connectivity index (χ1) is 10.1. The Morgan fingerprint density at radius 3 is 2.68 bits per heavy atom. The number of aromatic nitrogens is 3. The molecule has 2 rings (SSSR count). The molecule has 124 valence electrons. The number of ether oxygens (including phenoxy) is 1. The van der Waals surface area contributed by atoms with E-state index in [0.29, 0.717) is 25.4 Å². The number of esters is 1. The largest absolute Gasteiger partial charge is 0.469 e. The zero-order chi connectivity index (χ0) is 16.5. The Morgan fingerprint density at radius 2 is 2.09 bits per heavy atom. The maximum Gasteiger partial charge on any atom is 0.309 e. The van der Waals surface area contributed by atoms with Crippen molar-refractivity contribution in [2.45, 2.75) is 64.9 Å². The second-order valence-corrected chi connectivity index (χ2v) is 12.2. The topological polar surface area (TPSA) is 66.2 Å². The highest BCUT2D eigenvalue weighted by Crippen LogP contribution is 2.37. The van der Waals surface area contributed by atoms with Crippen LogP contribution in [-0.4, -0.2) is 36.2 Å². The third-order valence-electron chi connectivity index (χ3n) is 4.81. The fourth-order valence-electron chi connectivity index (χ4n) is 2.25. The van der Waals surface area contributed by atoms with Gasteiger partial charge in [-0.1, -0.05) is 20.8 Å². The van der Waals surface area contributed by atoms with Crippen molar-refractivity contribution in [1.82, 2.24) is 14.8 Å². The quantitative estimate of drug-likeness (QED) is 0.628. The standard InChI is InChI=1S/C15H27N3O3Si/c1-15(2,3)22(5,6)21-10-12-16-13-9-11(14(19)20-4)7-8-18(13)17-12/h11H,7-10H2,1-6H3. The number of nitrogens with zero attached hydrogens (tertiary/aromatic N) is 3. The molecule has 6 nitrogen and oxygen atoms in total. The molecule has 0 spiro atoms. The number of carbonyl (C=O) groups is 1. The summed E-state index contributed by atoms with van der Waals surface area (Å²) in [5, 5.41) is 4.68. The highest BCUT2D eigenvalue weighted by molar-refractivity contribution is 6.74. The summed E-state index contributed by atoms with van der Waals surface area (Å²) in [7, 11) is -0.370. The Kier molecular flexibility index (Phi) is 4.77. The van der Waals surface area contributed by atoms with Crippen LogP contribution in [0.5, 0.6) is 0 Å². The molecule has 0 radical (unpaired) electrons. The molecule has 0 saturated heterocycles. The van der Waals surface area contributed by atoms with Gasteiger partial charge in [0.2, 0.25) is 0 Å². The van der Waals surface area contributed by atoms with Crippen molar-refractivity contribution >= 4 is 14.3 Å². The van der Waals surface area contributed by atoms with Crippen LogP contribution in [0.25, 0.3) is 0 Å². The van der Waals surface area contributed by atoms with Crippen LogP contribution in [0.3, 0.4) is 0 Å². The van der Waals surface area contributed by atoms with Gasteiger partial charge in [-0.25, -0.2) is 9.67 Å². The van der Waals surface area contributed by atoms with Crippen LogP contribution in [0.1, 0.15) is 38.8 Å². The van der Waals surface area contributed by atoms with Gasteiger partial charge < -0.3 is 9.16 Å². The van der Waals surface area contributed by atoms with Gasteiger partial charge in [-0.05, 0) is 24.6 Å². The summed E-state index contributed by atoms with van der Waals surface area (Å²) >= 11 is 0. The molecule has 1 unspecified atom stereocenters. The van der Waals surface area contributed by atoms with Crippen LogP contribution < -0.4 is 0 Å². The zero-order valence-electron chi connectivity index (χ0n) is 14.5. The second-order valence-electron chi connectivity index (χ2n) is 7.43. The number of aryl methyl sites for hydroxylation is 1. The number of carbonyl (C=O) groups excluding carboxylic acids is 1. The summed E-state index contributed by atoms with van der Waals surface area (Å²) < 4.78 is 12.9. The first kappa shape index (κ1) is 17.1. The van der Waals surface area contributed by atoms with E-state index in [1.807, 2.05) is 4.68 Å². The number of methoxy groups -OCH3 is 1. The minimum absolute atomic E-state index is 0.101. The lowest BCUT2D eigenvalue weighted by atomic mass is 9.98. The molecule has 0 N–H and O–H groups in total. The highest BCUT2D eigenvalue weighted by Gasteiger charge is 2.37. The van der Waals surface area contributed by atoms with E-state index in [-0.39, 0.29) is 16.9 Å². The molecule has 1 aliphatic heterocycles. The molecule has 0 bridgehead atoms. The van der Waals surface area contributed by atoms with Gasteiger partial charge in [0.1, 0.15) is 5.82 Å². The Hall–Kier alpha value is -1.21. The Labute approximate surface area is 133 Å². The van der Waals surface area contributed by atoms with Gasteiger partial charge >= 0.3 is 5.97 Å². The molecule has 0 fully saturated rings. The van der Waals surface area contributed by atoms with Gasteiger partial charge in [0.05, 0.1) is 19.6 Å². The van der Waals surface area contributed by atoms with Crippen LogP contribution in [0.15, 0.2) is 0 Å². The molecule has 7 heteroatoms. The summed E-state index contributed by atoms with van der Waals surface area (Å²) in [6, 6.07) is 0. The molecule has 2 heterocycles. The van der Waals surface area contributed by atoms with Crippen molar-refractivity contribution in [3.05, 3.63) is 11.6 Å². The molecule has 1 atom stereocenters. The van der Waals surface area contributed by atoms with Crippen molar-refractivity contribution in [2.24, 2.45) is 5.92 Å². The predicted molar refractivity (Wildman–Crippen MR) is 85.8 cm³/mol. The average Bonchev–Trinajstić information content (AvgIpc) is 2.85. The van der Waals surface area contributed by atoms with Crippen molar-refractivity contribution in [3.63, 3.8) is 0 Å². The maximum atomic E-state index is 11.7. The van der Waals surface area contributed by atoms with E-state index >= 15 is 0 Å². The van der Waals surface area contributed by atoms with Gasteiger partial charge in [0.15, 0.2) is 14.1 Å². The monoisotopic (exact) mass is 325 g/mol. The molecule has 0 aromatic carbocycles. The normalized spacial score (nSPS) is 18.9. The third-order valence-corrected chi connectivity index (χ3v) is 9.29. The molecule has 0 saturated carbocycles. The molecule has 0 amide bonds. The van der Waals surface area contributed by atoms with Gasteiger partial charge in [0, 0.05) is 13.0 Å². The van der Waals surface area contributed by atoms with E-state index in [4.69, 9.17) is 9.16 Å². The summed E-state index contributed by atoms with van der Waals surface area (Å²) in [4.78, 5) is 16.2. The Balaban J connectivity index is 2.02. The molecule has 22 heavy (non-hydrogen) atoms. The van der Waals surface area contributed by atoms with E-state index in [1.54, 1.807) is 0 Å². The SMILES string of the molecule is COC(=O)C1CCn2nc(CO[Si](C)(C)C(C)(C)C)nc2C1. The lowest BCUT2D eigenvalue weighted by Crippen LogP contribution is -2.40. The Morgan fingerprint density at radius 1 is 1.41 bits per heavy atom. The number of hydrogen-bond donors (Lipinski definition) is 0. The fourth-order valence-corrected chi connectivity index (χ4v) is 3.17. The van der Waals surface area contributed by atoms with Crippen molar-refractivity contribution in [2.75, 3.05) is 7.11 Å². The minimum atomic E-state index is -1.80. The minimum Gasteiger partial charge on any atom is -0.469 e. The van der Waals surface area contributed by atoms with E-state index in [9.17, 15) is 4.79 Å². The molecule has 1 aromatic heterocycles. The molecule has 0 aliphatic carbocycles. The lowest BCUT2D eigenvalue weighted by Gasteiger charge is -2.35. The smallest absolute Gasteiger partial charge is 0.309 e. The third kappa shape index (κ3) is 3.57. The number of rotatable bonds is 4. The van der Waals surface area contributed by atoms with Gasteiger partial charge in [-0.3, -0.25) is 4.79 Å². The van der Waals surface area contributed by atoms with E-state index in [0.717, 1.165) is 12.2 Å². The van der Waals surface area contributed by atoms with Crippen molar-refractivity contribution in [3.8, 4) is 0 Å². The Bertz CT molecular complexity index is 549. The number of hydrogen-bond acceptors (Lipinski definition) is 5. The number of fused-ring (bicyclic) bond motifs is 1. The van der Waals surface area contributed by atoms with E-state index in [2.05, 4.69) is 43.9 Å². The predicted octanol–water partition coefficient (Wildman–Crippen LogP) is 2.54.